The van der Waals surface area contributed by atoms with Crippen LogP contribution in [0, 0.1) is 0 Å². The number of hydrogen-bond acceptors (Lipinski definition) is 0. The Morgan fingerprint density at radius 2 is 1.42 bits per heavy atom. The molecule has 72 valence electrons. The van der Waals surface area contributed by atoms with Gasteiger partial charge in [0, 0.05) is 0 Å². The molecule has 0 saturated carbocycles. The third kappa shape index (κ3) is 2.92. The van der Waals surface area contributed by atoms with Gasteiger partial charge < -0.3 is 0 Å². The minimum Gasteiger partial charge on any atom is -0.221 e. The molecule has 1 atom stereocenters. The highest BCUT2D eigenvalue weighted by Crippen LogP contribution is 2.41. The summed E-state index contributed by atoms with van der Waals surface area (Å²) < 4.78 is 70.2. The highest BCUT2D eigenvalue weighted by molar-refractivity contribution is 6.24. The van der Waals surface area contributed by atoms with Crippen molar-refractivity contribution in [3.8, 4) is 0 Å². The fraction of sp³-hybridized carbons (Fsp3) is 0.600. The lowest BCUT2D eigenvalue weighted by Crippen LogP contribution is -2.27. The van der Waals surface area contributed by atoms with Crippen LogP contribution in [0.25, 0.3) is 0 Å². The molecule has 0 aliphatic heterocycles. The van der Waals surface area contributed by atoms with Crippen molar-refractivity contribution in [1.82, 2.24) is 0 Å². The van der Waals surface area contributed by atoms with E-state index in [-0.39, 0.29) is 6.92 Å². The third-order valence-corrected chi connectivity index (χ3v) is 1.10. The first-order valence-corrected chi connectivity index (χ1v) is 2.95. The molecule has 0 spiro atoms. The summed E-state index contributed by atoms with van der Waals surface area (Å²) in [7, 11) is 0. The molecule has 0 aliphatic carbocycles. The Balaban J connectivity index is 5.13. The zero-order valence-corrected chi connectivity index (χ0v) is 6.40. The monoisotopic (exact) mass is 212 g/mol. The summed E-state index contributed by atoms with van der Waals surface area (Å²) in [6.45, 7) is 0.191. The fourth-order valence-electron chi connectivity index (χ4n) is 0.522. The van der Waals surface area contributed by atoms with Crippen LogP contribution in [0.2, 0.25) is 0 Å². The van der Waals surface area contributed by atoms with Crippen molar-refractivity contribution in [2.24, 2.45) is 0 Å². The fourth-order valence-corrected chi connectivity index (χ4v) is 0.701. The van der Waals surface area contributed by atoms with Gasteiger partial charge >= 0.3 is 6.18 Å². The van der Waals surface area contributed by atoms with Gasteiger partial charge in [0.05, 0.1) is 0 Å². The van der Waals surface area contributed by atoms with Crippen LogP contribution in [0.15, 0.2) is 11.7 Å². The van der Waals surface area contributed by atoms with Crippen LogP contribution in [-0.2, 0) is 0 Å². The third-order valence-electron chi connectivity index (χ3n) is 0.911. The van der Waals surface area contributed by atoms with E-state index in [1.54, 1.807) is 0 Å². The number of rotatable bonds is 1. The molecule has 12 heavy (non-hydrogen) atoms. The first-order valence-electron chi connectivity index (χ1n) is 2.57. The largest absolute Gasteiger partial charge is 0.422 e. The molecule has 0 aromatic rings. The molecular weight excluding hydrogens is 209 g/mol. The Labute approximate surface area is 68.8 Å². The Morgan fingerprint density at radius 1 is 1.08 bits per heavy atom. The van der Waals surface area contributed by atoms with E-state index < -0.39 is 23.0 Å². The summed E-state index contributed by atoms with van der Waals surface area (Å²) in [6.07, 6.45) is -8.62. The van der Waals surface area contributed by atoms with Crippen LogP contribution in [0.4, 0.5) is 26.3 Å². The standard InChI is InChI=1S/C5H3ClF6/c1-4(6,9)2(3(7)8)5(10,11)12/h1H3. The average molecular weight is 213 g/mol. The molecule has 0 rings (SSSR count). The minimum atomic E-state index is -5.45. The number of allylic oxidation sites excluding steroid dienone is 1. The van der Waals surface area contributed by atoms with Gasteiger partial charge in [-0.15, -0.1) is 0 Å². The topological polar surface area (TPSA) is 0 Å². The molecule has 0 heterocycles. The van der Waals surface area contributed by atoms with Crippen molar-refractivity contribution < 1.29 is 26.3 Å². The van der Waals surface area contributed by atoms with E-state index in [2.05, 4.69) is 11.6 Å². The maximum Gasteiger partial charge on any atom is 0.422 e. The molecule has 1 unspecified atom stereocenters. The average Bonchev–Trinajstić information content (AvgIpc) is 1.49. The van der Waals surface area contributed by atoms with Gasteiger partial charge in [0.25, 0.3) is 6.08 Å². The van der Waals surface area contributed by atoms with Crippen molar-refractivity contribution in [2.45, 2.75) is 18.2 Å². The zero-order valence-electron chi connectivity index (χ0n) is 5.65. The molecule has 0 fully saturated rings. The van der Waals surface area contributed by atoms with Crippen LogP contribution >= 0.6 is 11.6 Å². The summed E-state index contributed by atoms with van der Waals surface area (Å²) in [5, 5.41) is -3.60. The minimum absolute atomic E-state index is 0.191. The Bertz CT molecular complexity index is 177. The van der Waals surface area contributed by atoms with Gasteiger partial charge in [0.15, 0.2) is 0 Å². The van der Waals surface area contributed by atoms with Crippen LogP contribution in [0.5, 0.6) is 0 Å². The van der Waals surface area contributed by atoms with E-state index >= 15 is 0 Å². The summed E-state index contributed by atoms with van der Waals surface area (Å²) in [5.41, 5.74) is -2.66. The van der Waals surface area contributed by atoms with Crippen LogP contribution in [0.3, 0.4) is 0 Å². The van der Waals surface area contributed by atoms with E-state index in [4.69, 9.17) is 0 Å². The summed E-state index contributed by atoms with van der Waals surface area (Å²) in [6, 6.07) is 0. The summed E-state index contributed by atoms with van der Waals surface area (Å²) in [4.78, 5) is 0. The molecule has 0 aromatic carbocycles. The van der Waals surface area contributed by atoms with Gasteiger partial charge in [-0.25, -0.2) is 4.39 Å². The van der Waals surface area contributed by atoms with E-state index in [1.165, 1.54) is 0 Å². The van der Waals surface area contributed by atoms with Crippen molar-refractivity contribution in [3.63, 3.8) is 0 Å². The molecule has 0 saturated heterocycles. The second-order valence-electron chi connectivity index (χ2n) is 2.02. The van der Waals surface area contributed by atoms with Gasteiger partial charge in [-0.1, -0.05) is 11.6 Å². The Kier molecular flexibility index (Phi) is 3.06. The first kappa shape index (κ1) is 11.6. The maximum atomic E-state index is 12.3. The van der Waals surface area contributed by atoms with Crippen molar-refractivity contribution in [2.75, 3.05) is 0 Å². The summed E-state index contributed by atoms with van der Waals surface area (Å²) >= 11 is 4.45. The smallest absolute Gasteiger partial charge is 0.221 e. The van der Waals surface area contributed by atoms with E-state index in [0.717, 1.165) is 0 Å². The van der Waals surface area contributed by atoms with Crippen molar-refractivity contribution >= 4 is 11.6 Å². The molecule has 7 heteroatoms. The molecule has 0 amide bonds. The quantitative estimate of drug-likeness (QED) is 0.460. The predicted molar refractivity (Wildman–Crippen MR) is 30.7 cm³/mol. The highest BCUT2D eigenvalue weighted by Gasteiger charge is 2.49. The lowest BCUT2D eigenvalue weighted by molar-refractivity contribution is -0.106. The second-order valence-corrected chi connectivity index (χ2v) is 2.73. The second kappa shape index (κ2) is 3.16. The van der Waals surface area contributed by atoms with E-state index in [1.807, 2.05) is 0 Å². The van der Waals surface area contributed by atoms with Gasteiger partial charge in [-0.2, -0.15) is 22.0 Å². The molecular formula is C5H3ClF6. The Morgan fingerprint density at radius 3 is 1.42 bits per heavy atom. The summed E-state index contributed by atoms with van der Waals surface area (Å²) in [5.74, 6) is 0. The predicted octanol–water partition coefficient (Wildman–Crippen LogP) is 3.62. The molecule has 0 aromatic heterocycles. The van der Waals surface area contributed by atoms with E-state index in [0.29, 0.717) is 0 Å². The van der Waals surface area contributed by atoms with Gasteiger partial charge in [-0.3, -0.25) is 0 Å². The number of alkyl halides is 5. The van der Waals surface area contributed by atoms with Gasteiger partial charge in [-0.05, 0) is 6.92 Å². The highest BCUT2D eigenvalue weighted by atomic mass is 35.5. The lowest BCUT2D eigenvalue weighted by Gasteiger charge is -2.17. The van der Waals surface area contributed by atoms with Crippen LogP contribution in [0.1, 0.15) is 6.92 Å². The van der Waals surface area contributed by atoms with Crippen LogP contribution < -0.4 is 0 Å². The van der Waals surface area contributed by atoms with Crippen molar-refractivity contribution in [1.29, 1.82) is 0 Å². The Hall–Kier alpha value is -0.390. The number of hydrogen-bond donors (Lipinski definition) is 0. The number of halogens is 7. The lowest BCUT2D eigenvalue weighted by atomic mass is 10.2. The van der Waals surface area contributed by atoms with Gasteiger partial charge in [0.1, 0.15) is 5.57 Å². The van der Waals surface area contributed by atoms with Crippen LogP contribution in [-0.4, -0.2) is 11.3 Å². The zero-order chi connectivity index (χ0) is 10.2. The SMILES string of the molecule is CC(F)(Cl)C(=C(F)F)C(F)(F)F. The first-order chi connectivity index (χ1) is 5.07. The van der Waals surface area contributed by atoms with Gasteiger partial charge in [0.2, 0.25) is 5.13 Å². The molecule has 0 nitrogen and oxygen atoms in total. The maximum absolute atomic E-state index is 12.3. The van der Waals surface area contributed by atoms with E-state index in [9.17, 15) is 26.3 Å². The molecule has 0 aliphatic rings. The van der Waals surface area contributed by atoms with Crippen molar-refractivity contribution in [3.05, 3.63) is 11.7 Å². The molecule has 0 N–H and O–H groups in total. The molecule has 0 bridgehead atoms. The normalized spacial score (nSPS) is 17.0. The molecule has 0 radical (unpaired) electrons.